The van der Waals surface area contributed by atoms with Crippen molar-refractivity contribution in [1.29, 1.82) is 0 Å². The molecule has 0 radical (unpaired) electrons. The van der Waals surface area contributed by atoms with Crippen LogP contribution in [-0.4, -0.2) is 23.0 Å². The first kappa shape index (κ1) is 8.45. The van der Waals surface area contributed by atoms with Gasteiger partial charge in [-0.25, -0.2) is 0 Å². The second kappa shape index (κ2) is 3.66. The molecule has 0 aliphatic carbocycles. The highest BCUT2D eigenvalue weighted by molar-refractivity contribution is 7.13. The van der Waals surface area contributed by atoms with Crippen LogP contribution in [0.1, 0.15) is 12.8 Å². The van der Waals surface area contributed by atoms with E-state index in [-0.39, 0.29) is 11.2 Å². The normalized spacial score (nSPS) is 23.0. The molecule has 0 amide bonds. The third kappa shape index (κ3) is 2.19. The van der Waals surface area contributed by atoms with Crippen molar-refractivity contribution in [2.75, 3.05) is 13.1 Å². The van der Waals surface area contributed by atoms with Crippen LogP contribution in [0.15, 0.2) is 0 Å². The minimum absolute atomic E-state index is 0.110. The lowest BCUT2D eigenvalue weighted by Crippen LogP contribution is -2.28. The number of carbonyl (C=O) groups excluding carboxylic acids is 1. The maximum absolute atomic E-state index is 10.6. The molecular weight excluding hydrogens is 168 g/mol. The largest absolute Gasteiger partial charge is 0.287 e. The van der Waals surface area contributed by atoms with Gasteiger partial charge in [-0.3, -0.25) is 9.46 Å². The fourth-order valence-electron chi connectivity index (χ4n) is 1.13. The van der Waals surface area contributed by atoms with Gasteiger partial charge >= 0.3 is 0 Å². The molecule has 10 heavy (non-hydrogen) atoms. The van der Waals surface area contributed by atoms with Crippen molar-refractivity contribution in [2.45, 2.75) is 12.8 Å². The maximum Gasteiger partial charge on any atom is 0.224 e. The molecule has 0 aromatic heterocycles. The summed E-state index contributed by atoms with van der Waals surface area (Å²) in [7, 11) is 2.63. The standard InChI is InChI=1S/C6H11ClNOP/c7-6(9)5-1-3-8(10)4-2-5/h5H,1-4,10H2. The van der Waals surface area contributed by atoms with E-state index in [1.54, 1.807) is 0 Å². The lowest BCUT2D eigenvalue weighted by molar-refractivity contribution is -0.116. The third-order valence-electron chi connectivity index (χ3n) is 1.85. The van der Waals surface area contributed by atoms with Gasteiger partial charge in [-0.2, -0.15) is 0 Å². The maximum atomic E-state index is 10.6. The molecule has 1 rings (SSSR count). The monoisotopic (exact) mass is 179 g/mol. The van der Waals surface area contributed by atoms with Gasteiger partial charge in [0.1, 0.15) is 0 Å². The first-order valence-electron chi connectivity index (χ1n) is 3.39. The molecule has 1 atom stereocenters. The summed E-state index contributed by atoms with van der Waals surface area (Å²) in [4.78, 5) is 10.6. The van der Waals surface area contributed by atoms with E-state index >= 15 is 0 Å². The Morgan fingerprint density at radius 1 is 1.50 bits per heavy atom. The topological polar surface area (TPSA) is 20.3 Å². The summed E-state index contributed by atoms with van der Waals surface area (Å²) in [6.07, 6.45) is 1.82. The van der Waals surface area contributed by atoms with Crippen LogP contribution in [0, 0.1) is 5.92 Å². The number of hydrogen-bond acceptors (Lipinski definition) is 2. The fraction of sp³-hybridized carbons (Fsp3) is 0.833. The van der Waals surface area contributed by atoms with Crippen LogP contribution in [0.3, 0.4) is 0 Å². The van der Waals surface area contributed by atoms with Crippen molar-refractivity contribution < 1.29 is 4.79 Å². The fourth-order valence-corrected chi connectivity index (χ4v) is 1.64. The van der Waals surface area contributed by atoms with E-state index in [4.69, 9.17) is 11.6 Å². The number of piperidine rings is 1. The molecule has 0 N–H and O–H groups in total. The Labute approximate surface area is 68.2 Å². The van der Waals surface area contributed by atoms with Crippen LogP contribution in [0.5, 0.6) is 0 Å². The van der Waals surface area contributed by atoms with Gasteiger partial charge in [-0.05, 0) is 24.4 Å². The van der Waals surface area contributed by atoms with E-state index < -0.39 is 0 Å². The summed E-state index contributed by atoms with van der Waals surface area (Å²) in [6.45, 7) is 1.93. The minimum atomic E-state index is -0.168. The Morgan fingerprint density at radius 3 is 2.40 bits per heavy atom. The Hall–Kier alpha value is 0.350. The zero-order valence-corrected chi connectivity index (χ0v) is 7.63. The number of hydrogen-bond donors (Lipinski definition) is 0. The van der Waals surface area contributed by atoms with Crippen molar-refractivity contribution in [3.05, 3.63) is 0 Å². The lowest BCUT2D eigenvalue weighted by atomic mass is 10.00. The van der Waals surface area contributed by atoms with E-state index in [0.29, 0.717) is 0 Å². The molecule has 4 heteroatoms. The first-order chi connectivity index (χ1) is 4.70. The second-order valence-corrected chi connectivity index (χ2v) is 3.72. The lowest BCUT2D eigenvalue weighted by Gasteiger charge is -2.25. The highest BCUT2D eigenvalue weighted by Crippen LogP contribution is 2.21. The second-order valence-electron chi connectivity index (χ2n) is 2.61. The van der Waals surface area contributed by atoms with Crippen molar-refractivity contribution in [2.24, 2.45) is 5.92 Å². The smallest absolute Gasteiger partial charge is 0.224 e. The van der Waals surface area contributed by atoms with E-state index in [2.05, 4.69) is 14.1 Å². The predicted molar refractivity (Wildman–Crippen MR) is 44.9 cm³/mol. The van der Waals surface area contributed by atoms with Crippen LogP contribution in [0.25, 0.3) is 0 Å². The van der Waals surface area contributed by atoms with Crippen molar-refractivity contribution in [3.8, 4) is 0 Å². The summed E-state index contributed by atoms with van der Waals surface area (Å²) in [5.41, 5.74) is 0. The Kier molecular flexibility index (Phi) is 3.09. The van der Waals surface area contributed by atoms with Crippen LogP contribution in [-0.2, 0) is 4.79 Å². The number of rotatable bonds is 1. The highest BCUT2D eigenvalue weighted by atomic mass is 35.5. The average Bonchev–Trinajstić information content (AvgIpc) is 1.88. The molecule has 0 saturated carbocycles. The molecule has 0 aromatic rings. The molecule has 2 nitrogen and oxygen atoms in total. The van der Waals surface area contributed by atoms with Crippen molar-refractivity contribution >= 4 is 26.2 Å². The van der Waals surface area contributed by atoms with Gasteiger partial charge in [-0.15, -0.1) is 0 Å². The van der Waals surface area contributed by atoms with Crippen molar-refractivity contribution in [1.82, 2.24) is 4.67 Å². The summed E-state index contributed by atoms with van der Waals surface area (Å²) in [5, 5.41) is -0.168. The molecule has 1 saturated heterocycles. The van der Waals surface area contributed by atoms with Crippen LogP contribution in [0.2, 0.25) is 0 Å². The van der Waals surface area contributed by atoms with Gasteiger partial charge in [0.15, 0.2) is 0 Å². The van der Waals surface area contributed by atoms with Gasteiger partial charge in [0, 0.05) is 19.0 Å². The predicted octanol–water partition coefficient (Wildman–Crippen LogP) is 1.25. The molecule has 1 aliphatic rings. The minimum Gasteiger partial charge on any atom is -0.287 e. The van der Waals surface area contributed by atoms with Crippen LogP contribution >= 0.6 is 21.0 Å². The molecule has 0 bridgehead atoms. The molecule has 0 spiro atoms. The molecule has 0 aromatic carbocycles. The van der Waals surface area contributed by atoms with Crippen LogP contribution in [0.4, 0.5) is 0 Å². The Bertz CT molecular complexity index is 134. The Morgan fingerprint density at radius 2 is 2.00 bits per heavy atom. The molecule has 1 aliphatic heterocycles. The number of nitrogens with zero attached hydrogens (tertiary/aromatic N) is 1. The molecule has 1 heterocycles. The highest BCUT2D eigenvalue weighted by Gasteiger charge is 2.21. The Balaban J connectivity index is 2.33. The quantitative estimate of drug-likeness (QED) is 0.446. The van der Waals surface area contributed by atoms with E-state index in [0.717, 1.165) is 25.9 Å². The third-order valence-corrected chi connectivity index (χ3v) is 2.68. The SMILES string of the molecule is O=C(Cl)C1CCN(P)CC1. The number of halogens is 1. The van der Waals surface area contributed by atoms with Gasteiger partial charge in [0.2, 0.25) is 5.24 Å². The molecule has 1 unspecified atom stereocenters. The van der Waals surface area contributed by atoms with E-state index in [1.165, 1.54) is 0 Å². The zero-order chi connectivity index (χ0) is 7.56. The first-order valence-corrected chi connectivity index (χ1v) is 4.28. The van der Waals surface area contributed by atoms with E-state index in [1.807, 2.05) is 0 Å². The summed E-state index contributed by atoms with van der Waals surface area (Å²) in [6, 6.07) is 0. The van der Waals surface area contributed by atoms with Crippen molar-refractivity contribution in [3.63, 3.8) is 0 Å². The average molecular weight is 180 g/mol. The zero-order valence-electron chi connectivity index (χ0n) is 5.72. The van der Waals surface area contributed by atoms with Gasteiger partial charge in [0.25, 0.3) is 0 Å². The molecular formula is C6H11ClNOP. The summed E-state index contributed by atoms with van der Waals surface area (Å²) in [5.74, 6) is 0.110. The molecule has 58 valence electrons. The van der Waals surface area contributed by atoms with Gasteiger partial charge in [-0.1, -0.05) is 9.39 Å². The summed E-state index contributed by atoms with van der Waals surface area (Å²) >= 11 is 5.34. The molecule has 1 fully saturated rings. The van der Waals surface area contributed by atoms with Gasteiger partial charge in [0.05, 0.1) is 0 Å². The number of carbonyl (C=O) groups is 1. The van der Waals surface area contributed by atoms with Crippen LogP contribution < -0.4 is 0 Å². The van der Waals surface area contributed by atoms with E-state index in [9.17, 15) is 4.79 Å². The van der Waals surface area contributed by atoms with Gasteiger partial charge < -0.3 is 0 Å². The summed E-state index contributed by atoms with van der Waals surface area (Å²) < 4.78 is 2.14.